The highest BCUT2D eigenvalue weighted by Crippen LogP contribution is 2.24. The molecule has 1 aromatic rings. The van der Waals surface area contributed by atoms with Gasteiger partial charge in [0.15, 0.2) is 6.10 Å². The first-order valence-corrected chi connectivity index (χ1v) is 8.40. The van der Waals surface area contributed by atoms with Crippen LogP contribution in [0.1, 0.15) is 17.3 Å². The SMILES string of the molecule is CNC(=O)NC(=O)C(C)OC(=O)c1ccccc1SCC(=O)N(C)C. The van der Waals surface area contributed by atoms with Crippen LogP contribution in [-0.4, -0.2) is 61.7 Å². The summed E-state index contributed by atoms with van der Waals surface area (Å²) in [6, 6.07) is 5.95. The summed E-state index contributed by atoms with van der Waals surface area (Å²) in [5.41, 5.74) is 0.249. The maximum absolute atomic E-state index is 12.3. The maximum Gasteiger partial charge on any atom is 0.340 e. The number of amides is 4. The Labute approximate surface area is 150 Å². The van der Waals surface area contributed by atoms with Crippen LogP contribution in [0.15, 0.2) is 29.2 Å². The Balaban J connectivity index is 2.76. The Hall–Kier alpha value is -2.55. The molecule has 0 saturated heterocycles. The second-order valence-corrected chi connectivity index (χ2v) is 6.21. The topological polar surface area (TPSA) is 105 Å². The Morgan fingerprint density at radius 3 is 2.44 bits per heavy atom. The zero-order valence-electron chi connectivity index (χ0n) is 14.5. The van der Waals surface area contributed by atoms with Gasteiger partial charge in [-0.3, -0.25) is 14.9 Å². The lowest BCUT2D eigenvalue weighted by Gasteiger charge is -2.15. The number of imide groups is 1. The number of nitrogens with zero attached hydrogens (tertiary/aromatic N) is 1. The van der Waals surface area contributed by atoms with Gasteiger partial charge in [0.25, 0.3) is 5.91 Å². The normalized spacial score (nSPS) is 11.2. The summed E-state index contributed by atoms with van der Waals surface area (Å²) in [5.74, 6) is -1.36. The van der Waals surface area contributed by atoms with Crippen LogP contribution < -0.4 is 10.6 Å². The summed E-state index contributed by atoms with van der Waals surface area (Å²) in [7, 11) is 4.66. The van der Waals surface area contributed by atoms with Crippen molar-refractivity contribution in [2.45, 2.75) is 17.9 Å². The molecule has 0 fully saturated rings. The molecular formula is C16H21N3O5S. The molecular weight excluding hydrogens is 346 g/mol. The molecule has 1 aromatic carbocycles. The molecule has 1 rings (SSSR count). The Morgan fingerprint density at radius 2 is 1.84 bits per heavy atom. The van der Waals surface area contributed by atoms with E-state index in [1.165, 1.54) is 30.6 Å². The second kappa shape index (κ2) is 9.67. The summed E-state index contributed by atoms with van der Waals surface area (Å²) in [5, 5.41) is 4.26. The molecule has 0 bridgehead atoms. The van der Waals surface area contributed by atoms with Gasteiger partial charge in [-0.15, -0.1) is 11.8 Å². The third kappa shape index (κ3) is 6.46. The van der Waals surface area contributed by atoms with Gasteiger partial charge in [0.05, 0.1) is 11.3 Å². The first-order chi connectivity index (χ1) is 11.8. The minimum Gasteiger partial charge on any atom is -0.449 e. The van der Waals surface area contributed by atoms with E-state index in [1.807, 2.05) is 5.32 Å². The van der Waals surface area contributed by atoms with Crippen LogP contribution in [0.5, 0.6) is 0 Å². The highest BCUT2D eigenvalue weighted by atomic mass is 32.2. The molecule has 0 saturated carbocycles. The lowest BCUT2D eigenvalue weighted by atomic mass is 10.2. The molecule has 2 N–H and O–H groups in total. The van der Waals surface area contributed by atoms with Crippen molar-refractivity contribution in [3.05, 3.63) is 29.8 Å². The van der Waals surface area contributed by atoms with Crippen molar-refractivity contribution in [3.8, 4) is 0 Å². The van der Waals surface area contributed by atoms with Crippen LogP contribution in [0.3, 0.4) is 0 Å². The average Bonchev–Trinajstić information content (AvgIpc) is 2.59. The van der Waals surface area contributed by atoms with Crippen molar-refractivity contribution < 1.29 is 23.9 Å². The van der Waals surface area contributed by atoms with Crippen molar-refractivity contribution in [2.24, 2.45) is 0 Å². The highest BCUT2D eigenvalue weighted by Gasteiger charge is 2.22. The molecule has 1 atom stereocenters. The molecule has 0 aromatic heterocycles. The third-order valence-electron chi connectivity index (χ3n) is 3.07. The fourth-order valence-corrected chi connectivity index (χ4v) is 2.60. The largest absolute Gasteiger partial charge is 0.449 e. The molecule has 1 unspecified atom stereocenters. The fraction of sp³-hybridized carbons (Fsp3) is 0.375. The molecule has 0 heterocycles. The van der Waals surface area contributed by atoms with Crippen molar-refractivity contribution in [2.75, 3.05) is 26.9 Å². The Morgan fingerprint density at radius 1 is 1.20 bits per heavy atom. The average molecular weight is 367 g/mol. The van der Waals surface area contributed by atoms with E-state index in [2.05, 4.69) is 5.32 Å². The van der Waals surface area contributed by atoms with Gasteiger partial charge in [-0.1, -0.05) is 12.1 Å². The summed E-state index contributed by atoms with van der Waals surface area (Å²) in [6.07, 6.45) is -1.15. The number of esters is 1. The summed E-state index contributed by atoms with van der Waals surface area (Å²) in [4.78, 5) is 48.9. The van der Waals surface area contributed by atoms with E-state index in [4.69, 9.17) is 4.74 Å². The number of urea groups is 1. The van der Waals surface area contributed by atoms with E-state index < -0.39 is 24.0 Å². The van der Waals surface area contributed by atoms with Gasteiger partial charge in [-0.25, -0.2) is 9.59 Å². The number of nitrogens with one attached hydrogen (secondary N) is 2. The lowest BCUT2D eigenvalue weighted by Crippen LogP contribution is -2.43. The Kier molecular flexibility index (Phi) is 7.93. The van der Waals surface area contributed by atoms with Crippen LogP contribution in [0.25, 0.3) is 0 Å². The first-order valence-electron chi connectivity index (χ1n) is 7.41. The molecule has 9 heteroatoms. The van der Waals surface area contributed by atoms with Crippen LogP contribution in [0.4, 0.5) is 4.79 Å². The fourth-order valence-electron chi connectivity index (χ4n) is 1.58. The molecule has 4 amide bonds. The summed E-state index contributed by atoms with van der Waals surface area (Å²) in [6.45, 7) is 1.36. The van der Waals surface area contributed by atoms with Crippen LogP contribution in [0, 0.1) is 0 Å². The smallest absolute Gasteiger partial charge is 0.340 e. The predicted molar refractivity (Wildman–Crippen MR) is 93.3 cm³/mol. The van der Waals surface area contributed by atoms with Crippen LogP contribution in [0.2, 0.25) is 0 Å². The standard InChI is InChI=1S/C16H21N3O5S/c1-10(14(21)18-16(23)17-2)24-15(22)11-7-5-6-8-12(11)25-9-13(20)19(3)4/h5-8,10H,9H2,1-4H3,(H2,17,18,21,23). The third-order valence-corrected chi connectivity index (χ3v) is 4.13. The number of hydrogen-bond acceptors (Lipinski definition) is 6. The molecule has 25 heavy (non-hydrogen) atoms. The van der Waals surface area contributed by atoms with E-state index in [1.54, 1.807) is 38.4 Å². The van der Waals surface area contributed by atoms with Crippen molar-refractivity contribution >= 4 is 35.6 Å². The van der Waals surface area contributed by atoms with Gasteiger partial charge in [0.1, 0.15) is 0 Å². The lowest BCUT2D eigenvalue weighted by molar-refractivity contribution is -0.128. The van der Waals surface area contributed by atoms with Gasteiger partial charge in [0.2, 0.25) is 5.91 Å². The quantitative estimate of drug-likeness (QED) is 0.571. The van der Waals surface area contributed by atoms with Crippen molar-refractivity contribution in [3.63, 3.8) is 0 Å². The number of carbonyl (C=O) groups excluding carboxylic acids is 4. The number of thioether (sulfide) groups is 1. The summed E-state index contributed by atoms with van der Waals surface area (Å²) >= 11 is 1.20. The Bertz CT molecular complexity index is 663. The van der Waals surface area contributed by atoms with Gasteiger partial charge in [-0.05, 0) is 19.1 Å². The van der Waals surface area contributed by atoms with E-state index in [0.717, 1.165) is 0 Å². The number of rotatable bonds is 6. The minimum absolute atomic E-state index is 0.0912. The number of carbonyl (C=O) groups is 4. The second-order valence-electron chi connectivity index (χ2n) is 5.19. The van der Waals surface area contributed by atoms with Gasteiger partial charge >= 0.3 is 12.0 Å². The number of hydrogen-bond donors (Lipinski definition) is 2. The maximum atomic E-state index is 12.3. The van der Waals surface area contributed by atoms with E-state index in [9.17, 15) is 19.2 Å². The molecule has 8 nitrogen and oxygen atoms in total. The van der Waals surface area contributed by atoms with Gasteiger partial charge in [0, 0.05) is 26.0 Å². The van der Waals surface area contributed by atoms with E-state index in [-0.39, 0.29) is 17.2 Å². The van der Waals surface area contributed by atoms with Gasteiger partial charge < -0.3 is 15.0 Å². The number of ether oxygens (including phenoxy) is 1. The van der Waals surface area contributed by atoms with E-state index in [0.29, 0.717) is 4.90 Å². The zero-order valence-corrected chi connectivity index (χ0v) is 15.3. The summed E-state index contributed by atoms with van der Waals surface area (Å²) < 4.78 is 5.10. The van der Waals surface area contributed by atoms with Crippen molar-refractivity contribution in [1.82, 2.24) is 15.5 Å². The van der Waals surface area contributed by atoms with E-state index >= 15 is 0 Å². The highest BCUT2D eigenvalue weighted by molar-refractivity contribution is 8.00. The van der Waals surface area contributed by atoms with Gasteiger partial charge in [-0.2, -0.15) is 0 Å². The zero-order chi connectivity index (χ0) is 19.0. The van der Waals surface area contributed by atoms with Crippen LogP contribution >= 0.6 is 11.8 Å². The molecule has 0 spiro atoms. The number of benzene rings is 1. The molecule has 136 valence electrons. The molecule has 0 radical (unpaired) electrons. The van der Waals surface area contributed by atoms with Crippen LogP contribution in [-0.2, 0) is 14.3 Å². The predicted octanol–water partition coefficient (Wildman–Crippen LogP) is 0.868. The van der Waals surface area contributed by atoms with Crippen molar-refractivity contribution in [1.29, 1.82) is 0 Å². The minimum atomic E-state index is -1.15. The molecule has 0 aliphatic carbocycles. The monoisotopic (exact) mass is 367 g/mol. The molecule has 0 aliphatic heterocycles. The molecule has 0 aliphatic rings. The first kappa shape index (κ1) is 20.5.